The van der Waals surface area contributed by atoms with Gasteiger partial charge >= 0.3 is 0 Å². The Hall–Kier alpha value is -1.71. The van der Waals surface area contributed by atoms with E-state index in [-0.39, 0.29) is 51.4 Å². The van der Waals surface area contributed by atoms with E-state index in [1.165, 1.54) is 0 Å². The monoisotopic (exact) mass is 332 g/mol. The van der Waals surface area contributed by atoms with Crippen molar-refractivity contribution < 1.29 is 20.1 Å². The molecule has 0 spiro atoms. The van der Waals surface area contributed by atoms with Gasteiger partial charge in [0.1, 0.15) is 5.75 Å². The van der Waals surface area contributed by atoms with Crippen molar-refractivity contribution in [1.82, 2.24) is 0 Å². The number of aromatic hydroxyl groups is 3. The topological polar surface area (TPSA) is 77.8 Å². The Bertz CT molecular complexity index is 717. The molecule has 0 heterocycles. The summed E-state index contributed by atoms with van der Waals surface area (Å²) in [5.74, 6) is -0.875. The molecule has 132 valence electrons. The average Bonchev–Trinajstić information content (AvgIpc) is 2.45. The number of ketones is 1. The molecule has 2 atom stereocenters. The molecule has 1 fully saturated rings. The van der Waals surface area contributed by atoms with Crippen molar-refractivity contribution in [3.8, 4) is 17.2 Å². The number of benzene rings is 1. The Morgan fingerprint density at radius 2 is 1.62 bits per heavy atom. The fraction of sp³-hybridized carbons (Fsp3) is 0.650. The lowest BCUT2D eigenvalue weighted by atomic mass is 9.50. The van der Waals surface area contributed by atoms with Gasteiger partial charge in [-0.15, -0.1) is 0 Å². The van der Waals surface area contributed by atoms with Gasteiger partial charge in [-0.1, -0.05) is 41.0 Å². The Labute approximate surface area is 143 Å². The summed E-state index contributed by atoms with van der Waals surface area (Å²) in [4.78, 5) is 12.9. The maximum atomic E-state index is 12.9. The summed E-state index contributed by atoms with van der Waals surface area (Å²) in [6.07, 6.45) is 3.26. The number of hydrogen-bond donors (Lipinski definition) is 3. The molecular weight excluding hydrogens is 304 g/mol. The van der Waals surface area contributed by atoms with Crippen LogP contribution in [0.4, 0.5) is 0 Å². The SMILES string of the molecule is CC(C)c1c(O)c(O)c2c(c1O)C(=O)C[C@H]1C(C)(C)CCC[C@]21C. The van der Waals surface area contributed by atoms with Crippen LogP contribution < -0.4 is 0 Å². The third-order valence-electron chi connectivity index (χ3n) is 6.50. The van der Waals surface area contributed by atoms with Crippen molar-refractivity contribution in [3.05, 3.63) is 16.7 Å². The number of phenols is 3. The zero-order valence-electron chi connectivity index (χ0n) is 15.2. The van der Waals surface area contributed by atoms with Crippen LogP contribution in [0.5, 0.6) is 17.2 Å². The molecule has 4 heteroatoms. The van der Waals surface area contributed by atoms with Gasteiger partial charge in [-0.25, -0.2) is 0 Å². The highest BCUT2D eigenvalue weighted by molar-refractivity contribution is 6.04. The Morgan fingerprint density at radius 1 is 1.00 bits per heavy atom. The van der Waals surface area contributed by atoms with Gasteiger partial charge in [0.25, 0.3) is 0 Å². The van der Waals surface area contributed by atoms with E-state index in [1.807, 2.05) is 13.8 Å². The summed E-state index contributed by atoms with van der Waals surface area (Å²) in [6.45, 7) is 10.1. The fourth-order valence-electron chi connectivity index (χ4n) is 5.31. The molecule has 24 heavy (non-hydrogen) atoms. The molecule has 4 nitrogen and oxygen atoms in total. The number of Topliss-reactive ketones (excluding diaryl/α,β-unsaturated/α-hetero) is 1. The number of rotatable bonds is 1. The van der Waals surface area contributed by atoms with Crippen molar-refractivity contribution >= 4 is 5.78 Å². The third kappa shape index (κ3) is 2.08. The molecule has 3 N–H and O–H groups in total. The van der Waals surface area contributed by atoms with Crippen LogP contribution in [0.3, 0.4) is 0 Å². The maximum Gasteiger partial charge on any atom is 0.167 e. The molecule has 0 amide bonds. The highest BCUT2D eigenvalue weighted by atomic mass is 16.3. The van der Waals surface area contributed by atoms with Crippen LogP contribution in [0.2, 0.25) is 0 Å². The summed E-state index contributed by atoms with van der Waals surface area (Å²) in [7, 11) is 0. The second kappa shape index (κ2) is 5.14. The van der Waals surface area contributed by atoms with Crippen LogP contribution >= 0.6 is 0 Å². The maximum absolute atomic E-state index is 12.9. The number of carbonyl (C=O) groups is 1. The smallest absolute Gasteiger partial charge is 0.167 e. The minimum atomic E-state index is -0.417. The van der Waals surface area contributed by atoms with E-state index in [9.17, 15) is 20.1 Å². The van der Waals surface area contributed by atoms with Gasteiger partial charge in [0.15, 0.2) is 17.3 Å². The van der Waals surface area contributed by atoms with Crippen LogP contribution in [0.15, 0.2) is 0 Å². The molecule has 0 saturated heterocycles. The summed E-state index contributed by atoms with van der Waals surface area (Å²) in [5.41, 5.74) is 0.506. The largest absolute Gasteiger partial charge is 0.507 e. The van der Waals surface area contributed by atoms with Crippen LogP contribution in [0.25, 0.3) is 0 Å². The molecule has 0 aromatic heterocycles. The lowest BCUT2D eigenvalue weighted by Crippen LogP contribution is -2.49. The molecule has 0 unspecified atom stereocenters. The van der Waals surface area contributed by atoms with Crippen LogP contribution in [0.1, 0.15) is 87.7 Å². The highest BCUT2D eigenvalue weighted by Crippen LogP contribution is 2.62. The minimum absolute atomic E-state index is 0.0191. The van der Waals surface area contributed by atoms with Crippen LogP contribution in [0, 0.1) is 11.3 Å². The van der Waals surface area contributed by atoms with E-state index in [2.05, 4.69) is 20.8 Å². The van der Waals surface area contributed by atoms with Gasteiger partial charge in [-0.2, -0.15) is 0 Å². The molecule has 1 saturated carbocycles. The molecule has 1 aromatic carbocycles. The van der Waals surface area contributed by atoms with E-state index >= 15 is 0 Å². The van der Waals surface area contributed by atoms with E-state index in [1.54, 1.807) is 0 Å². The lowest BCUT2D eigenvalue weighted by molar-refractivity contribution is 0.0350. The normalized spacial score (nSPS) is 28.6. The minimum Gasteiger partial charge on any atom is -0.507 e. The van der Waals surface area contributed by atoms with Gasteiger partial charge in [0.05, 0.1) is 5.56 Å². The Morgan fingerprint density at radius 3 is 2.21 bits per heavy atom. The predicted molar refractivity (Wildman–Crippen MR) is 92.9 cm³/mol. The number of phenolic OH excluding ortho intramolecular Hbond substituents is 3. The third-order valence-corrected chi connectivity index (χ3v) is 6.50. The zero-order chi connectivity index (χ0) is 18.0. The molecular formula is C20H28O4. The van der Waals surface area contributed by atoms with E-state index in [4.69, 9.17) is 0 Å². The number of hydrogen-bond acceptors (Lipinski definition) is 4. The van der Waals surface area contributed by atoms with Gasteiger partial charge in [0, 0.05) is 23.0 Å². The van der Waals surface area contributed by atoms with Gasteiger partial charge in [0.2, 0.25) is 0 Å². The van der Waals surface area contributed by atoms with Crippen molar-refractivity contribution in [3.63, 3.8) is 0 Å². The lowest BCUT2D eigenvalue weighted by Gasteiger charge is -2.54. The first-order valence-corrected chi connectivity index (χ1v) is 8.86. The molecule has 2 aliphatic carbocycles. The van der Waals surface area contributed by atoms with Gasteiger partial charge in [-0.05, 0) is 30.1 Å². The molecule has 3 rings (SSSR count). The first kappa shape index (κ1) is 17.1. The van der Waals surface area contributed by atoms with E-state index in [0.717, 1.165) is 19.3 Å². The predicted octanol–water partition coefficient (Wildman–Crippen LogP) is 4.60. The molecule has 0 bridgehead atoms. The zero-order valence-corrected chi connectivity index (χ0v) is 15.2. The second-order valence-electron chi connectivity index (χ2n) is 8.80. The van der Waals surface area contributed by atoms with Crippen LogP contribution in [-0.2, 0) is 5.41 Å². The summed E-state index contributed by atoms with van der Waals surface area (Å²) in [6, 6.07) is 0. The summed E-state index contributed by atoms with van der Waals surface area (Å²) >= 11 is 0. The van der Waals surface area contributed by atoms with Crippen molar-refractivity contribution in [1.29, 1.82) is 0 Å². The Balaban J connectivity index is 2.36. The van der Waals surface area contributed by atoms with E-state index in [0.29, 0.717) is 12.0 Å². The van der Waals surface area contributed by atoms with Gasteiger partial charge in [-0.3, -0.25) is 4.79 Å². The number of fused-ring (bicyclic) bond motifs is 3. The van der Waals surface area contributed by atoms with Crippen molar-refractivity contribution in [2.75, 3.05) is 0 Å². The molecule has 0 aliphatic heterocycles. The summed E-state index contributed by atoms with van der Waals surface area (Å²) < 4.78 is 0. The van der Waals surface area contributed by atoms with Crippen molar-refractivity contribution in [2.24, 2.45) is 11.3 Å². The highest BCUT2D eigenvalue weighted by Gasteiger charge is 2.54. The number of carbonyl (C=O) groups excluding carboxylic acids is 1. The standard InChI is InChI=1S/C20H28O4/c1-10(2)13-16(22)14-11(21)9-12-19(3,4)7-6-8-20(12,5)15(14)18(24)17(13)23/h10,12,22-24H,6-9H2,1-5H3/t12-,20-/m0/s1. The summed E-state index contributed by atoms with van der Waals surface area (Å²) in [5, 5.41) is 32.0. The Kier molecular flexibility index (Phi) is 3.67. The second-order valence-corrected chi connectivity index (χ2v) is 8.80. The quantitative estimate of drug-likeness (QED) is 0.519. The first-order valence-electron chi connectivity index (χ1n) is 8.86. The van der Waals surface area contributed by atoms with E-state index < -0.39 is 5.41 Å². The van der Waals surface area contributed by atoms with Gasteiger partial charge < -0.3 is 15.3 Å². The molecule has 2 aliphatic rings. The van der Waals surface area contributed by atoms with Crippen LogP contribution in [-0.4, -0.2) is 21.1 Å². The average molecular weight is 332 g/mol. The molecule has 1 aromatic rings. The van der Waals surface area contributed by atoms with Crippen molar-refractivity contribution in [2.45, 2.75) is 71.6 Å². The first-order chi connectivity index (χ1) is 11.0. The fourth-order valence-corrected chi connectivity index (χ4v) is 5.31. The molecule has 0 radical (unpaired) electrons.